The average molecular weight is 282 g/mol. The van der Waals surface area contributed by atoms with Crippen molar-refractivity contribution in [1.29, 1.82) is 0 Å². The van der Waals surface area contributed by atoms with Gasteiger partial charge in [-0.25, -0.2) is 0 Å². The highest BCUT2D eigenvalue weighted by Gasteiger charge is 2.46. The van der Waals surface area contributed by atoms with Gasteiger partial charge in [0.1, 0.15) is 0 Å². The number of nitrogens with one attached hydrogen (secondary N) is 1. The van der Waals surface area contributed by atoms with E-state index in [0.717, 1.165) is 44.1 Å². The Labute approximate surface area is 121 Å². The van der Waals surface area contributed by atoms with Crippen molar-refractivity contribution in [3.63, 3.8) is 0 Å². The van der Waals surface area contributed by atoms with Gasteiger partial charge in [-0.1, -0.05) is 51.2 Å². The molecule has 0 saturated heterocycles. The Morgan fingerprint density at radius 2 is 1.95 bits per heavy atom. The molecule has 2 rings (SSSR count). The van der Waals surface area contributed by atoms with E-state index in [9.17, 15) is 4.79 Å². The van der Waals surface area contributed by atoms with Crippen molar-refractivity contribution < 1.29 is 4.79 Å². The third-order valence-corrected chi connectivity index (χ3v) is 5.48. The summed E-state index contributed by atoms with van der Waals surface area (Å²) in [5.74, 6) is 1.74. The molecule has 19 heavy (non-hydrogen) atoms. The second kappa shape index (κ2) is 6.21. The molecule has 4 heteroatoms. The van der Waals surface area contributed by atoms with E-state index in [4.69, 9.17) is 18.0 Å². The first-order valence-corrected chi connectivity index (χ1v) is 8.03. The number of hydrogen-bond donors (Lipinski definition) is 2. The minimum absolute atomic E-state index is 0.0652. The topological polar surface area (TPSA) is 55.1 Å². The van der Waals surface area contributed by atoms with Gasteiger partial charge < -0.3 is 11.1 Å². The fourth-order valence-corrected chi connectivity index (χ4v) is 3.59. The zero-order chi connectivity index (χ0) is 13.9. The van der Waals surface area contributed by atoms with Crippen molar-refractivity contribution in [3.05, 3.63) is 0 Å². The molecule has 0 aliphatic heterocycles. The van der Waals surface area contributed by atoms with E-state index in [1.165, 1.54) is 25.7 Å². The molecule has 0 atom stereocenters. The van der Waals surface area contributed by atoms with Crippen LogP contribution in [-0.4, -0.2) is 17.4 Å². The molecule has 0 heterocycles. The van der Waals surface area contributed by atoms with Gasteiger partial charge in [0.05, 0.1) is 10.4 Å². The lowest BCUT2D eigenvalue weighted by molar-refractivity contribution is -0.130. The Bertz CT molecular complexity index is 344. The molecule has 3 N–H and O–H groups in total. The number of hydrogen-bond acceptors (Lipinski definition) is 2. The minimum Gasteiger partial charge on any atom is -0.392 e. The van der Waals surface area contributed by atoms with Crippen molar-refractivity contribution in [2.24, 2.45) is 23.0 Å². The van der Waals surface area contributed by atoms with Crippen LogP contribution in [0.5, 0.6) is 0 Å². The number of thiocarbonyl (C=S) groups is 1. The molecule has 0 bridgehead atoms. The van der Waals surface area contributed by atoms with Crippen LogP contribution in [0.1, 0.15) is 58.3 Å². The maximum Gasteiger partial charge on any atom is 0.233 e. The molecule has 2 aliphatic carbocycles. The Hall–Kier alpha value is -0.640. The lowest BCUT2D eigenvalue weighted by atomic mass is 9.68. The lowest BCUT2D eigenvalue weighted by Crippen LogP contribution is -2.53. The van der Waals surface area contributed by atoms with Crippen molar-refractivity contribution in [2.45, 2.75) is 58.3 Å². The molecule has 0 spiro atoms. The van der Waals surface area contributed by atoms with Crippen LogP contribution < -0.4 is 11.1 Å². The van der Waals surface area contributed by atoms with Gasteiger partial charge in [-0.15, -0.1) is 0 Å². The van der Waals surface area contributed by atoms with Gasteiger partial charge in [0.25, 0.3) is 0 Å². The summed E-state index contributed by atoms with van der Waals surface area (Å²) in [6.45, 7) is 3.11. The van der Waals surface area contributed by atoms with Crippen molar-refractivity contribution in [3.8, 4) is 0 Å². The zero-order valence-corrected chi connectivity index (χ0v) is 12.7. The first-order chi connectivity index (χ1) is 9.04. The number of carbonyl (C=O) groups is 1. The summed E-state index contributed by atoms with van der Waals surface area (Å²) in [5, 5.41) is 3.06. The van der Waals surface area contributed by atoms with E-state index in [2.05, 4.69) is 12.2 Å². The summed E-state index contributed by atoms with van der Waals surface area (Å²) in [6, 6.07) is 0. The van der Waals surface area contributed by atoms with Crippen LogP contribution in [0.2, 0.25) is 0 Å². The van der Waals surface area contributed by atoms with E-state index >= 15 is 0 Å². The Morgan fingerprint density at radius 3 is 2.42 bits per heavy atom. The summed E-state index contributed by atoms with van der Waals surface area (Å²) in [5.41, 5.74) is 5.22. The lowest BCUT2D eigenvalue weighted by Gasteiger charge is -2.39. The Morgan fingerprint density at radius 1 is 1.32 bits per heavy atom. The van der Waals surface area contributed by atoms with Gasteiger partial charge in [-0.2, -0.15) is 0 Å². The fraction of sp³-hybridized carbons (Fsp3) is 0.867. The van der Waals surface area contributed by atoms with Crippen LogP contribution in [0, 0.1) is 17.3 Å². The normalized spacial score (nSPS) is 29.3. The van der Waals surface area contributed by atoms with Gasteiger partial charge >= 0.3 is 0 Å². The SMILES string of the molecule is CC1CCC(CCNC(=O)C2(C(N)=S)CCC2)CC1. The highest BCUT2D eigenvalue weighted by atomic mass is 32.1. The van der Waals surface area contributed by atoms with E-state index in [0.29, 0.717) is 4.99 Å². The summed E-state index contributed by atoms with van der Waals surface area (Å²) in [6.07, 6.45) is 9.14. The van der Waals surface area contributed by atoms with Gasteiger partial charge in [0, 0.05) is 6.54 Å². The van der Waals surface area contributed by atoms with Gasteiger partial charge in [-0.05, 0) is 31.1 Å². The molecular formula is C15H26N2OS. The number of amides is 1. The van der Waals surface area contributed by atoms with E-state index < -0.39 is 5.41 Å². The predicted octanol–water partition coefficient (Wildman–Crippen LogP) is 2.78. The predicted molar refractivity (Wildman–Crippen MR) is 81.8 cm³/mol. The molecule has 108 valence electrons. The number of carbonyl (C=O) groups excluding carboxylic acids is 1. The minimum atomic E-state index is -0.517. The van der Waals surface area contributed by atoms with Crippen molar-refractivity contribution >= 4 is 23.1 Å². The van der Waals surface area contributed by atoms with E-state index in [1.54, 1.807) is 0 Å². The van der Waals surface area contributed by atoms with Crippen LogP contribution >= 0.6 is 12.2 Å². The summed E-state index contributed by atoms with van der Waals surface area (Å²) in [7, 11) is 0. The van der Waals surface area contributed by atoms with Crippen LogP contribution in [-0.2, 0) is 4.79 Å². The van der Waals surface area contributed by atoms with Crippen molar-refractivity contribution in [1.82, 2.24) is 5.32 Å². The maximum atomic E-state index is 12.2. The van der Waals surface area contributed by atoms with E-state index in [1.807, 2.05) is 0 Å². The molecule has 2 aliphatic rings. The molecular weight excluding hydrogens is 256 g/mol. The summed E-state index contributed by atoms with van der Waals surface area (Å²) in [4.78, 5) is 12.6. The highest BCUT2D eigenvalue weighted by molar-refractivity contribution is 7.80. The van der Waals surface area contributed by atoms with E-state index in [-0.39, 0.29) is 5.91 Å². The summed E-state index contributed by atoms with van der Waals surface area (Å²) < 4.78 is 0. The maximum absolute atomic E-state index is 12.2. The summed E-state index contributed by atoms with van der Waals surface area (Å²) >= 11 is 5.06. The monoisotopic (exact) mass is 282 g/mol. The second-order valence-electron chi connectivity index (χ2n) is 6.47. The second-order valence-corrected chi connectivity index (χ2v) is 6.91. The van der Waals surface area contributed by atoms with Crippen LogP contribution in [0.25, 0.3) is 0 Å². The third kappa shape index (κ3) is 3.28. The Balaban J connectivity index is 1.71. The molecule has 2 fully saturated rings. The highest BCUT2D eigenvalue weighted by Crippen LogP contribution is 2.41. The first-order valence-electron chi connectivity index (χ1n) is 7.63. The number of nitrogens with two attached hydrogens (primary N) is 1. The molecule has 0 aromatic rings. The molecule has 3 nitrogen and oxygen atoms in total. The quantitative estimate of drug-likeness (QED) is 0.762. The molecule has 0 unspecified atom stereocenters. The zero-order valence-electron chi connectivity index (χ0n) is 11.9. The van der Waals surface area contributed by atoms with Gasteiger partial charge in [0.15, 0.2) is 0 Å². The van der Waals surface area contributed by atoms with Crippen LogP contribution in [0.3, 0.4) is 0 Å². The van der Waals surface area contributed by atoms with Gasteiger partial charge in [-0.3, -0.25) is 4.79 Å². The Kier molecular flexibility index (Phi) is 4.82. The van der Waals surface area contributed by atoms with Crippen LogP contribution in [0.15, 0.2) is 0 Å². The molecule has 0 aromatic carbocycles. The van der Waals surface area contributed by atoms with Gasteiger partial charge in [0.2, 0.25) is 5.91 Å². The molecule has 1 amide bonds. The number of rotatable bonds is 5. The standard InChI is InChI=1S/C15H26N2OS/c1-11-3-5-12(6-4-11)7-10-17-14(18)15(13(16)19)8-2-9-15/h11-12H,2-10H2,1H3,(H2,16,19)(H,17,18). The first kappa shape index (κ1) is 14.8. The smallest absolute Gasteiger partial charge is 0.233 e. The molecule has 0 radical (unpaired) electrons. The van der Waals surface area contributed by atoms with Crippen LogP contribution in [0.4, 0.5) is 0 Å². The third-order valence-electron chi connectivity index (χ3n) is 5.09. The fourth-order valence-electron chi connectivity index (χ4n) is 3.29. The molecule has 2 saturated carbocycles. The largest absolute Gasteiger partial charge is 0.392 e. The van der Waals surface area contributed by atoms with Crippen molar-refractivity contribution in [2.75, 3.05) is 6.54 Å². The molecule has 0 aromatic heterocycles. The average Bonchev–Trinajstić information content (AvgIpc) is 2.29.